The van der Waals surface area contributed by atoms with Gasteiger partial charge in [-0.15, -0.1) is 0 Å². The topological polar surface area (TPSA) is 52.0 Å². The zero-order valence-corrected chi connectivity index (χ0v) is 15.0. The summed E-state index contributed by atoms with van der Waals surface area (Å²) in [6.45, 7) is 8.71. The smallest absolute Gasteiger partial charge is 0.0352 e. The van der Waals surface area contributed by atoms with Crippen molar-refractivity contribution in [2.24, 2.45) is 0 Å². The Morgan fingerprint density at radius 3 is 1.30 bits per heavy atom. The van der Waals surface area contributed by atoms with E-state index in [1.807, 2.05) is 0 Å². The molecule has 2 rings (SSSR count). The maximum absolute atomic E-state index is 6.29. The Bertz CT molecular complexity index is 627. The molecular formula is C21H30N2. The molecule has 0 fully saturated rings. The van der Waals surface area contributed by atoms with E-state index in [4.69, 9.17) is 11.5 Å². The van der Waals surface area contributed by atoms with Gasteiger partial charge in [0.15, 0.2) is 0 Å². The van der Waals surface area contributed by atoms with Crippen LogP contribution in [-0.4, -0.2) is 0 Å². The lowest BCUT2D eigenvalue weighted by atomic mass is 9.89. The summed E-state index contributed by atoms with van der Waals surface area (Å²) in [5, 5.41) is 0. The molecule has 0 saturated heterocycles. The van der Waals surface area contributed by atoms with E-state index in [0.29, 0.717) is 0 Å². The van der Waals surface area contributed by atoms with E-state index in [1.165, 1.54) is 33.4 Å². The van der Waals surface area contributed by atoms with Gasteiger partial charge in [-0.05, 0) is 77.6 Å². The van der Waals surface area contributed by atoms with E-state index in [2.05, 4.69) is 52.0 Å². The van der Waals surface area contributed by atoms with Crippen molar-refractivity contribution >= 4 is 11.4 Å². The molecule has 2 heteroatoms. The van der Waals surface area contributed by atoms with Crippen molar-refractivity contribution in [3.05, 3.63) is 57.6 Å². The standard InChI is InChI=1S/C21H30N2/c1-5-14-9-16(18(7-3)20(22)11-14)13-17-10-15(6-2)12-21(23)19(17)8-4/h9-12H,5-8,13,22-23H2,1-4H3. The van der Waals surface area contributed by atoms with Gasteiger partial charge < -0.3 is 11.5 Å². The van der Waals surface area contributed by atoms with E-state index < -0.39 is 0 Å². The molecule has 124 valence electrons. The molecule has 4 N–H and O–H groups in total. The first-order valence-electron chi connectivity index (χ1n) is 8.84. The molecule has 0 bridgehead atoms. The fraction of sp³-hybridized carbons (Fsp3) is 0.429. The predicted molar refractivity (Wildman–Crippen MR) is 102 cm³/mol. The van der Waals surface area contributed by atoms with Gasteiger partial charge in [0.05, 0.1) is 0 Å². The Hall–Kier alpha value is -1.96. The molecule has 0 unspecified atom stereocenters. The van der Waals surface area contributed by atoms with Crippen LogP contribution < -0.4 is 11.5 Å². The van der Waals surface area contributed by atoms with Crippen LogP contribution in [0.15, 0.2) is 24.3 Å². The molecule has 23 heavy (non-hydrogen) atoms. The lowest BCUT2D eigenvalue weighted by Crippen LogP contribution is -2.06. The van der Waals surface area contributed by atoms with Crippen molar-refractivity contribution in [1.82, 2.24) is 0 Å². The summed E-state index contributed by atoms with van der Waals surface area (Å²) in [5.74, 6) is 0. The lowest BCUT2D eigenvalue weighted by molar-refractivity contribution is 1.00. The normalized spacial score (nSPS) is 11.0. The summed E-state index contributed by atoms with van der Waals surface area (Å²) >= 11 is 0. The van der Waals surface area contributed by atoms with Crippen LogP contribution in [0.2, 0.25) is 0 Å². The molecule has 0 radical (unpaired) electrons. The van der Waals surface area contributed by atoms with Crippen LogP contribution in [0.3, 0.4) is 0 Å². The number of nitrogens with two attached hydrogens (primary N) is 2. The third-order valence-corrected chi connectivity index (χ3v) is 4.78. The van der Waals surface area contributed by atoms with Gasteiger partial charge in [0.25, 0.3) is 0 Å². The molecule has 0 heterocycles. The number of anilines is 2. The Labute approximate surface area is 140 Å². The van der Waals surface area contributed by atoms with Gasteiger partial charge in [-0.25, -0.2) is 0 Å². The average Bonchev–Trinajstić information content (AvgIpc) is 2.54. The minimum Gasteiger partial charge on any atom is -0.398 e. The second-order valence-corrected chi connectivity index (χ2v) is 6.24. The lowest BCUT2D eigenvalue weighted by Gasteiger charge is -2.17. The fourth-order valence-corrected chi connectivity index (χ4v) is 3.44. The van der Waals surface area contributed by atoms with Gasteiger partial charge >= 0.3 is 0 Å². The summed E-state index contributed by atoms with van der Waals surface area (Å²) in [5.41, 5.74) is 22.3. The quantitative estimate of drug-likeness (QED) is 0.760. The molecule has 2 aromatic carbocycles. The number of hydrogen-bond acceptors (Lipinski definition) is 2. The molecule has 0 aliphatic carbocycles. The van der Waals surface area contributed by atoms with E-state index in [9.17, 15) is 0 Å². The van der Waals surface area contributed by atoms with Crippen molar-refractivity contribution in [1.29, 1.82) is 0 Å². The number of hydrogen-bond donors (Lipinski definition) is 2. The first kappa shape index (κ1) is 17.4. The highest BCUT2D eigenvalue weighted by molar-refractivity contribution is 5.58. The number of benzene rings is 2. The molecule has 2 nitrogen and oxygen atoms in total. The maximum atomic E-state index is 6.29. The van der Waals surface area contributed by atoms with Crippen LogP contribution in [-0.2, 0) is 32.1 Å². The number of nitrogen functional groups attached to an aromatic ring is 2. The summed E-state index contributed by atoms with van der Waals surface area (Å²) < 4.78 is 0. The first-order chi connectivity index (χ1) is 11.0. The zero-order valence-electron chi connectivity index (χ0n) is 15.0. The molecule has 0 spiro atoms. The SMILES string of the molecule is CCc1cc(N)c(CC)c(Cc2cc(CC)cc(N)c2CC)c1. The van der Waals surface area contributed by atoms with Crippen molar-refractivity contribution in [2.75, 3.05) is 11.5 Å². The number of rotatable bonds is 6. The van der Waals surface area contributed by atoms with Gasteiger partial charge in [0.1, 0.15) is 0 Å². The Morgan fingerprint density at radius 2 is 1.00 bits per heavy atom. The van der Waals surface area contributed by atoms with Crippen LogP contribution >= 0.6 is 0 Å². The predicted octanol–water partition coefficient (Wildman–Crippen LogP) is 4.69. The molecular weight excluding hydrogens is 280 g/mol. The second kappa shape index (κ2) is 7.54. The Kier molecular flexibility index (Phi) is 5.70. The van der Waals surface area contributed by atoms with Crippen LogP contribution in [0.25, 0.3) is 0 Å². The zero-order chi connectivity index (χ0) is 17.0. The minimum atomic E-state index is 0.919. The number of aryl methyl sites for hydroxylation is 2. The van der Waals surface area contributed by atoms with Crippen molar-refractivity contribution < 1.29 is 0 Å². The van der Waals surface area contributed by atoms with Gasteiger partial charge in [-0.3, -0.25) is 0 Å². The van der Waals surface area contributed by atoms with Crippen molar-refractivity contribution in [3.8, 4) is 0 Å². The van der Waals surface area contributed by atoms with Gasteiger partial charge in [-0.1, -0.05) is 39.8 Å². The molecule has 0 aromatic heterocycles. The van der Waals surface area contributed by atoms with Gasteiger partial charge in [0, 0.05) is 11.4 Å². The minimum absolute atomic E-state index is 0.919. The molecule has 0 atom stereocenters. The van der Waals surface area contributed by atoms with Gasteiger partial charge in [0.2, 0.25) is 0 Å². The Balaban J connectivity index is 2.54. The van der Waals surface area contributed by atoms with Crippen LogP contribution in [0, 0.1) is 0 Å². The van der Waals surface area contributed by atoms with Gasteiger partial charge in [-0.2, -0.15) is 0 Å². The van der Waals surface area contributed by atoms with E-state index in [0.717, 1.165) is 43.5 Å². The molecule has 2 aromatic rings. The summed E-state index contributed by atoms with van der Waals surface area (Å²) in [7, 11) is 0. The highest BCUT2D eigenvalue weighted by Crippen LogP contribution is 2.28. The molecule has 0 aliphatic rings. The Morgan fingerprint density at radius 1 is 0.609 bits per heavy atom. The maximum Gasteiger partial charge on any atom is 0.0352 e. The van der Waals surface area contributed by atoms with E-state index in [-0.39, 0.29) is 0 Å². The highest BCUT2D eigenvalue weighted by atomic mass is 14.6. The third kappa shape index (κ3) is 3.69. The third-order valence-electron chi connectivity index (χ3n) is 4.78. The monoisotopic (exact) mass is 310 g/mol. The van der Waals surface area contributed by atoms with Crippen molar-refractivity contribution in [2.45, 2.75) is 59.8 Å². The summed E-state index contributed by atoms with van der Waals surface area (Å²) in [6.07, 6.45) is 4.88. The summed E-state index contributed by atoms with van der Waals surface area (Å²) in [4.78, 5) is 0. The fourth-order valence-electron chi connectivity index (χ4n) is 3.44. The van der Waals surface area contributed by atoms with E-state index in [1.54, 1.807) is 0 Å². The van der Waals surface area contributed by atoms with E-state index >= 15 is 0 Å². The largest absolute Gasteiger partial charge is 0.398 e. The van der Waals surface area contributed by atoms with Crippen LogP contribution in [0.4, 0.5) is 11.4 Å². The molecule has 0 aliphatic heterocycles. The molecule has 0 amide bonds. The molecule has 0 saturated carbocycles. The first-order valence-corrected chi connectivity index (χ1v) is 8.84. The average molecular weight is 310 g/mol. The van der Waals surface area contributed by atoms with Crippen LogP contribution in [0.1, 0.15) is 61.1 Å². The summed E-state index contributed by atoms with van der Waals surface area (Å²) in [6, 6.07) is 8.90. The van der Waals surface area contributed by atoms with Crippen LogP contribution in [0.5, 0.6) is 0 Å². The van der Waals surface area contributed by atoms with Crippen molar-refractivity contribution in [3.63, 3.8) is 0 Å². The second-order valence-electron chi connectivity index (χ2n) is 6.24. The highest BCUT2D eigenvalue weighted by Gasteiger charge is 2.12.